The van der Waals surface area contributed by atoms with Gasteiger partial charge in [0.2, 0.25) is 11.0 Å². The number of carbonyl (C=O) groups excluding carboxylic acids is 1. The normalized spacial score (nSPS) is 23.6. The highest BCUT2D eigenvalue weighted by Crippen LogP contribution is 2.59. The van der Waals surface area contributed by atoms with Crippen molar-refractivity contribution in [1.82, 2.24) is 10.2 Å². The molecule has 1 heterocycles. The van der Waals surface area contributed by atoms with E-state index in [4.69, 9.17) is 0 Å². The second kappa shape index (κ2) is 5.28. The number of nitrogens with one attached hydrogen (secondary N) is 1. The Morgan fingerprint density at radius 3 is 2.50 bits per heavy atom. The molecule has 0 aliphatic heterocycles. The molecule has 4 nitrogen and oxygen atoms in total. The number of hydrogen-bond donors (Lipinski definition) is 1. The molecule has 1 aliphatic carbocycles. The van der Waals surface area contributed by atoms with Gasteiger partial charge in [0.15, 0.2) is 0 Å². The number of rotatable bonds is 4. The van der Waals surface area contributed by atoms with E-state index in [0.717, 1.165) is 5.01 Å². The molecule has 1 amide bonds. The Morgan fingerprint density at radius 2 is 2.00 bits per heavy atom. The smallest absolute Gasteiger partial charge is 0.230 e. The van der Waals surface area contributed by atoms with E-state index in [9.17, 15) is 4.79 Å². The Balaban J connectivity index is 2.04. The minimum absolute atomic E-state index is 0.0313. The second-order valence-electron chi connectivity index (χ2n) is 6.66. The summed E-state index contributed by atoms with van der Waals surface area (Å²) in [5.41, 5.74) is 1.30. The molecule has 20 heavy (non-hydrogen) atoms. The average molecular weight is 293 g/mol. The maximum absolute atomic E-state index is 12.4. The fourth-order valence-corrected chi connectivity index (χ4v) is 3.30. The molecule has 1 aromatic rings. The quantitative estimate of drug-likeness (QED) is 0.858. The molecule has 0 saturated heterocycles. The molecule has 1 aromatic heterocycles. The highest BCUT2D eigenvalue weighted by Gasteiger charge is 2.60. The summed E-state index contributed by atoms with van der Waals surface area (Å²) >= 11 is 1.46. The molecule has 2 atom stereocenters. The van der Waals surface area contributed by atoms with Crippen LogP contribution in [0.1, 0.15) is 52.5 Å². The molecule has 1 fully saturated rings. The van der Waals surface area contributed by atoms with Gasteiger partial charge in [-0.3, -0.25) is 4.79 Å². The highest BCUT2D eigenvalue weighted by atomic mass is 32.1. The third kappa shape index (κ3) is 2.92. The number of aromatic nitrogens is 2. The van der Waals surface area contributed by atoms with Crippen molar-refractivity contribution in [1.29, 1.82) is 0 Å². The van der Waals surface area contributed by atoms with Crippen LogP contribution in [0.5, 0.6) is 0 Å². The minimum atomic E-state index is 0.0313. The van der Waals surface area contributed by atoms with Gasteiger partial charge >= 0.3 is 0 Å². The molecule has 5 heteroatoms. The number of amides is 1. The Hall–Kier alpha value is -1.23. The summed E-state index contributed by atoms with van der Waals surface area (Å²) in [6.45, 7) is 12.6. The standard InChI is InChI=1S/C15H23N3OS/c1-8(2)7-10-11(15(10,5)6)12(19)16-14-18-17-13(20-14)9(3)4/h7,9-11H,1-6H3,(H,16,18,19)/t10-,11+/m0/s1. The van der Waals surface area contributed by atoms with Crippen LogP contribution in [0.25, 0.3) is 0 Å². The first kappa shape index (κ1) is 15.2. The van der Waals surface area contributed by atoms with Crippen molar-refractivity contribution in [2.24, 2.45) is 17.3 Å². The van der Waals surface area contributed by atoms with Crippen LogP contribution in [0.2, 0.25) is 0 Å². The maximum atomic E-state index is 12.4. The second-order valence-corrected chi connectivity index (χ2v) is 7.67. The van der Waals surface area contributed by atoms with Crippen molar-refractivity contribution < 1.29 is 4.79 Å². The molecule has 0 aromatic carbocycles. The van der Waals surface area contributed by atoms with Gasteiger partial charge in [0.05, 0.1) is 5.92 Å². The number of carbonyl (C=O) groups is 1. The van der Waals surface area contributed by atoms with E-state index in [1.165, 1.54) is 16.9 Å². The molecule has 1 saturated carbocycles. The Bertz CT molecular complexity index is 541. The summed E-state index contributed by atoms with van der Waals surface area (Å²) in [7, 11) is 0. The lowest BCUT2D eigenvalue weighted by Crippen LogP contribution is -2.16. The zero-order valence-corrected chi connectivity index (χ0v) is 13.8. The monoisotopic (exact) mass is 293 g/mol. The number of nitrogens with zero attached hydrogens (tertiary/aromatic N) is 2. The number of allylic oxidation sites excluding steroid dienone is 2. The predicted molar refractivity (Wildman–Crippen MR) is 82.8 cm³/mol. The van der Waals surface area contributed by atoms with Gasteiger partial charge in [-0.25, -0.2) is 0 Å². The average Bonchev–Trinajstić information content (AvgIpc) is 2.71. The van der Waals surface area contributed by atoms with Crippen LogP contribution in [0.3, 0.4) is 0 Å². The number of anilines is 1. The Kier molecular flexibility index (Phi) is 4.00. The third-order valence-electron chi connectivity index (χ3n) is 3.87. The van der Waals surface area contributed by atoms with Crippen LogP contribution in [-0.2, 0) is 4.79 Å². The van der Waals surface area contributed by atoms with Crippen LogP contribution in [0, 0.1) is 17.3 Å². The molecular formula is C15H23N3OS. The molecule has 0 spiro atoms. The minimum Gasteiger partial charge on any atom is -0.300 e. The van der Waals surface area contributed by atoms with Gasteiger partial charge in [-0.15, -0.1) is 10.2 Å². The first-order valence-corrected chi connectivity index (χ1v) is 7.84. The first-order chi connectivity index (χ1) is 9.23. The zero-order chi connectivity index (χ0) is 15.1. The van der Waals surface area contributed by atoms with Gasteiger partial charge in [-0.05, 0) is 25.2 Å². The van der Waals surface area contributed by atoms with Crippen molar-refractivity contribution in [3.05, 3.63) is 16.7 Å². The highest BCUT2D eigenvalue weighted by molar-refractivity contribution is 7.15. The van der Waals surface area contributed by atoms with Gasteiger partial charge in [0, 0.05) is 5.92 Å². The lowest BCUT2D eigenvalue weighted by atomic mass is 10.1. The molecule has 0 unspecified atom stereocenters. The third-order valence-corrected chi connectivity index (χ3v) is 5.01. The van der Waals surface area contributed by atoms with Crippen LogP contribution in [0.4, 0.5) is 5.13 Å². The molecule has 0 bridgehead atoms. The van der Waals surface area contributed by atoms with Crippen molar-refractivity contribution in [3.63, 3.8) is 0 Å². The Morgan fingerprint density at radius 1 is 1.35 bits per heavy atom. The van der Waals surface area contributed by atoms with Crippen LogP contribution < -0.4 is 5.32 Å². The van der Waals surface area contributed by atoms with Gasteiger partial charge < -0.3 is 5.32 Å². The van der Waals surface area contributed by atoms with Crippen LogP contribution in [0.15, 0.2) is 11.6 Å². The predicted octanol–water partition coefficient (Wildman–Crippen LogP) is 3.84. The van der Waals surface area contributed by atoms with Gasteiger partial charge in [0.1, 0.15) is 5.01 Å². The van der Waals surface area contributed by atoms with E-state index >= 15 is 0 Å². The van der Waals surface area contributed by atoms with Crippen molar-refractivity contribution in [2.75, 3.05) is 5.32 Å². The van der Waals surface area contributed by atoms with E-state index in [1.54, 1.807) is 0 Å². The van der Waals surface area contributed by atoms with Gasteiger partial charge in [-0.1, -0.05) is 50.7 Å². The topological polar surface area (TPSA) is 54.9 Å². The molecule has 0 radical (unpaired) electrons. The van der Waals surface area contributed by atoms with Crippen molar-refractivity contribution in [2.45, 2.75) is 47.5 Å². The maximum Gasteiger partial charge on any atom is 0.230 e. The van der Waals surface area contributed by atoms with Gasteiger partial charge in [-0.2, -0.15) is 0 Å². The summed E-state index contributed by atoms with van der Waals surface area (Å²) in [4.78, 5) is 12.4. The SMILES string of the molecule is CC(C)=C[C@H]1[C@H](C(=O)Nc2nnc(C(C)C)s2)C1(C)C. The first-order valence-electron chi connectivity index (χ1n) is 7.02. The largest absolute Gasteiger partial charge is 0.300 e. The lowest BCUT2D eigenvalue weighted by Gasteiger charge is -2.02. The fraction of sp³-hybridized carbons (Fsp3) is 0.667. The summed E-state index contributed by atoms with van der Waals surface area (Å²) < 4.78 is 0. The molecule has 2 rings (SSSR count). The zero-order valence-electron chi connectivity index (χ0n) is 13.0. The number of hydrogen-bond acceptors (Lipinski definition) is 4. The van der Waals surface area contributed by atoms with E-state index < -0.39 is 0 Å². The van der Waals surface area contributed by atoms with E-state index in [1.807, 2.05) is 0 Å². The summed E-state index contributed by atoms with van der Waals surface area (Å²) in [6.07, 6.45) is 2.20. The summed E-state index contributed by atoms with van der Waals surface area (Å²) in [6, 6.07) is 0. The fourth-order valence-electron chi connectivity index (χ4n) is 2.55. The van der Waals surface area contributed by atoms with E-state index in [0.29, 0.717) is 17.0 Å². The molecular weight excluding hydrogens is 270 g/mol. The molecule has 1 aliphatic rings. The van der Waals surface area contributed by atoms with Gasteiger partial charge in [0.25, 0.3) is 0 Å². The van der Waals surface area contributed by atoms with E-state index in [-0.39, 0.29) is 17.2 Å². The van der Waals surface area contributed by atoms with Crippen LogP contribution >= 0.6 is 11.3 Å². The molecule has 110 valence electrons. The summed E-state index contributed by atoms with van der Waals surface area (Å²) in [5.74, 6) is 0.756. The molecule has 1 N–H and O–H groups in total. The van der Waals surface area contributed by atoms with Crippen LogP contribution in [-0.4, -0.2) is 16.1 Å². The van der Waals surface area contributed by atoms with E-state index in [2.05, 4.69) is 63.1 Å². The lowest BCUT2D eigenvalue weighted by molar-refractivity contribution is -0.118. The van der Waals surface area contributed by atoms with Crippen molar-refractivity contribution in [3.8, 4) is 0 Å². The van der Waals surface area contributed by atoms with Crippen molar-refractivity contribution >= 4 is 22.4 Å². The summed E-state index contributed by atoms with van der Waals surface area (Å²) in [5, 5.41) is 12.6. The Labute approximate surface area is 124 Å².